The van der Waals surface area contributed by atoms with Crippen LogP contribution in [0.2, 0.25) is 0 Å². The van der Waals surface area contributed by atoms with E-state index in [9.17, 15) is 15.2 Å². The molecule has 0 unspecified atom stereocenters. The summed E-state index contributed by atoms with van der Waals surface area (Å²) in [6.07, 6.45) is 0. The Balaban J connectivity index is 1.97. The molecule has 110 valence electrons. The molecule has 1 saturated heterocycles. The first-order chi connectivity index (χ1) is 9.61. The average molecular weight is 281 g/mol. The number of hydrogen-bond donors (Lipinski definition) is 1. The number of phenols is 1. The standard InChI is InChI=1S/C13H19N3O4/c1-20-9-8-14-4-6-15(7-5-14)11-2-3-12(16(18)19)13(17)10-11/h2-3,10,17H,4-9H2,1H3. The molecule has 1 aliphatic heterocycles. The van der Waals surface area contributed by atoms with E-state index in [1.807, 2.05) is 0 Å². The van der Waals surface area contributed by atoms with Crippen LogP contribution in [-0.2, 0) is 4.74 Å². The Bertz CT molecular complexity index is 473. The largest absolute Gasteiger partial charge is 0.502 e. The number of nitro benzene ring substituents is 1. The Labute approximate surface area is 117 Å². The van der Waals surface area contributed by atoms with Crippen molar-refractivity contribution in [2.45, 2.75) is 0 Å². The fourth-order valence-electron chi connectivity index (χ4n) is 2.31. The van der Waals surface area contributed by atoms with Crippen LogP contribution in [0.3, 0.4) is 0 Å². The van der Waals surface area contributed by atoms with Gasteiger partial charge in [-0.25, -0.2) is 0 Å². The van der Waals surface area contributed by atoms with E-state index in [1.165, 1.54) is 12.1 Å². The third-order valence-electron chi connectivity index (χ3n) is 3.50. The van der Waals surface area contributed by atoms with Crippen LogP contribution in [0.1, 0.15) is 0 Å². The molecule has 1 aromatic carbocycles. The van der Waals surface area contributed by atoms with E-state index in [0.29, 0.717) is 0 Å². The molecule has 1 N–H and O–H groups in total. The number of rotatable bonds is 5. The summed E-state index contributed by atoms with van der Waals surface area (Å²) >= 11 is 0. The zero-order valence-corrected chi connectivity index (χ0v) is 11.5. The number of ether oxygens (including phenoxy) is 1. The highest BCUT2D eigenvalue weighted by Crippen LogP contribution is 2.30. The Morgan fingerprint density at radius 3 is 2.60 bits per heavy atom. The van der Waals surface area contributed by atoms with Crippen molar-refractivity contribution >= 4 is 11.4 Å². The van der Waals surface area contributed by atoms with Crippen LogP contribution in [0.5, 0.6) is 5.75 Å². The molecule has 0 saturated carbocycles. The van der Waals surface area contributed by atoms with Crippen molar-refractivity contribution in [2.75, 3.05) is 51.3 Å². The third-order valence-corrected chi connectivity index (χ3v) is 3.50. The zero-order valence-electron chi connectivity index (χ0n) is 11.5. The topological polar surface area (TPSA) is 79.1 Å². The number of nitrogens with zero attached hydrogens (tertiary/aromatic N) is 3. The van der Waals surface area contributed by atoms with Crippen molar-refractivity contribution in [1.82, 2.24) is 4.90 Å². The molecule has 0 atom stereocenters. The lowest BCUT2D eigenvalue weighted by molar-refractivity contribution is -0.385. The van der Waals surface area contributed by atoms with Crippen molar-refractivity contribution in [3.8, 4) is 5.75 Å². The van der Waals surface area contributed by atoms with E-state index >= 15 is 0 Å². The summed E-state index contributed by atoms with van der Waals surface area (Å²) in [6.45, 7) is 5.14. The smallest absolute Gasteiger partial charge is 0.310 e. The molecule has 2 rings (SSSR count). The summed E-state index contributed by atoms with van der Waals surface area (Å²) in [6, 6.07) is 4.49. The maximum Gasteiger partial charge on any atom is 0.310 e. The van der Waals surface area contributed by atoms with Crippen LogP contribution >= 0.6 is 0 Å². The van der Waals surface area contributed by atoms with Crippen LogP contribution in [0.15, 0.2) is 18.2 Å². The highest BCUT2D eigenvalue weighted by Gasteiger charge is 2.19. The molecule has 0 spiro atoms. The van der Waals surface area contributed by atoms with E-state index < -0.39 is 4.92 Å². The predicted molar refractivity (Wildman–Crippen MR) is 75.3 cm³/mol. The summed E-state index contributed by atoms with van der Waals surface area (Å²) in [5.74, 6) is -0.283. The molecule has 0 amide bonds. The van der Waals surface area contributed by atoms with Gasteiger partial charge in [0, 0.05) is 57.7 Å². The van der Waals surface area contributed by atoms with Crippen molar-refractivity contribution in [1.29, 1.82) is 0 Å². The summed E-state index contributed by atoms with van der Waals surface area (Å²) in [7, 11) is 1.69. The maximum atomic E-state index is 10.7. The van der Waals surface area contributed by atoms with Gasteiger partial charge in [-0.2, -0.15) is 0 Å². The molecule has 7 heteroatoms. The summed E-state index contributed by atoms with van der Waals surface area (Å²) < 4.78 is 5.06. The van der Waals surface area contributed by atoms with Gasteiger partial charge in [0.2, 0.25) is 0 Å². The normalized spacial score (nSPS) is 16.4. The van der Waals surface area contributed by atoms with E-state index in [4.69, 9.17) is 4.74 Å². The van der Waals surface area contributed by atoms with Crippen LogP contribution in [-0.4, -0.2) is 61.4 Å². The zero-order chi connectivity index (χ0) is 14.5. The minimum Gasteiger partial charge on any atom is -0.502 e. The minimum absolute atomic E-state index is 0.257. The molecule has 0 aromatic heterocycles. The van der Waals surface area contributed by atoms with Gasteiger partial charge in [0.05, 0.1) is 11.5 Å². The summed E-state index contributed by atoms with van der Waals surface area (Å²) in [5.41, 5.74) is 0.562. The Kier molecular flexibility index (Phi) is 4.75. The van der Waals surface area contributed by atoms with Gasteiger partial charge in [0.15, 0.2) is 5.75 Å². The molecular weight excluding hydrogens is 262 g/mol. The highest BCUT2D eigenvalue weighted by atomic mass is 16.6. The predicted octanol–water partition coefficient (Wildman–Crippen LogP) is 1.07. The van der Waals surface area contributed by atoms with Gasteiger partial charge in [-0.3, -0.25) is 15.0 Å². The number of nitro groups is 1. The number of piperazine rings is 1. The quantitative estimate of drug-likeness (QED) is 0.642. The second-order valence-corrected chi connectivity index (χ2v) is 4.75. The van der Waals surface area contributed by atoms with Crippen LogP contribution in [0, 0.1) is 10.1 Å². The number of methoxy groups -OCH3 is 1. The molecule has 0 radical (unpaired) electrons. The fourth-order valence-corrected chi connectivity index (χ4v) is 2.31. The number of anilines is 1. The molecule has 1 heterocycles. The van der Waals surface area contributed by atoms with Gasteiger partial charge in [-0.15, -0.1) is 0 Å². The van der Waals surface area contributed by atoms with Gasteiger partial charge < -0.3 is 14.7 Å². The lowest BCUT2D eigenvalue weighted by Gasteiger charge is -2.35. The Morgan fingerprint density at radius 1 is 1.35 bits per heavy atom. The van der Waals surface area contributed by atoms with Crippen LogP contribution in [0.25, 0.3) is 0 Å². The lowest BCUT2D eigenvalue weighted by Crippen LogP contribution is -2.47. The molecule has 1 aliphatic rings. The first-order valence-corrected chi connectivity index (χ1v) is 6.55. The number of hydrogen-bond acceptors (Lipinski definition) is 6. The van der Waals surface area contributed by atoms with Crippen molar-refractivity contribution in [3.63, 3.8) is 0 Å². The third kappa shape index (κ3) is 3.37. The van der Waals surface area contributed by atoms with E-state index in [0.717, 1.165) is 45.0 Å². The number of phenolic OH excluding ortho intramolecular Hbond substituents is 1. The highest BCUT2D eigenvalue weighted by molar-refractivity contribution is 5.58. The second-order valence-electron chi connectivity index (χ2n) is 4.75. The maximum absolute atomic E-state index is 10.7. The van der Waals surface area contributed by atoms with E-state index in [-0.39, 0.29) is 11.4 Å². The van der Waals surface area contributed by atoms with Gasteiger partial charge in [-0.1, -0.05) is 0 Å². The monoisotopic (exact) mass is 281 g/mol. The fraction of sp³-hybridized carbons (Fsp3) is 0.538. The molecule has 1 fully saturated rings. The average Bonchev–Trinajstić information content (AvgIpc) is 2.45. The second kappa shape index (κ2) is 6.53. The Morgan fingerprint density at radius 2 is 2.05 bits per heavy atom. The van der Waals surface area contributed by atoms with E-state index in [1.54, 1.807) is 13.2 Å². The molecule has 20 heavy (non-hydrogen) atoms. The SMILES string of the molecule is COCCN1CCN(c2ccc([N+](=O)[O-])c(O)c2)CC1. The van der Waals surface area contributed by atoms with Gasteiger partial charge >= 0.3 is 5.69 Å². The molecule has 1 aromatic rings. The van der Waals surface area contributed by atoms with Crippen LogP contribution < -0.4 is 4.90 Å². The molecule has 0 bridgehead atoms. The minimum atomic E-state index is -0.582. The number of benzene rings is 1. The first kappa shape index (κ1) is 14.5. The molecule has 0 aliphatic carbocycles. The van der Waals surface area contributed by atoms with Gasteiger partial charge in [0.25, 0.3) is 0 Å². The van der Waals surface area contributed by atoms with Crippen molar-refractivity contribution in [3.05, 3.63) is 28.3 Å². The number of aromatic hydroxyl groups is 1. The van der Waals surface area contributed by atoms with Crippen LogP contribution in [0.4, 0.5) is 11.4 Å². The van der Waals surface area contributed by atoms with Crippen molar-refractivity contribution < 1.29 is 14.8 Å². The molecule has 7 nitrogen and oxygen atoms in total. The Hall–Kier alpha value is -1.86. The first-order valence-electron chi connectivity index (χ1n) is 6.55. The van der Waals surface area contributed by atoms with E-state index in [2.05, 4.69) is 9.80 Å². The summed E-state index contributed by atoms with van der Waals surface area (Å²) in [4.78, 5) is 14.5. The van der Waals surface area contributed by atoms with Gasteiger partial charge in [0.1, 0.15) is 0 Å². The lowest BCUT2D eigenvalue weighted by atomic mass is 10.2. The summed E-state index contributed by atoms with van der Waals surface area (Å²) in [5, 5.41) is 20.3. The van der Waals surface area contributed by atoms with Gasteiger partial charge in [-0.05, 0) is 6.07 Å². The van der Waals surface area contributed by atoms with Crippen molar-refractivity contribution in [2.24, 2.45) is 0 Å². The molecular formula is C13H19N3O4.